The number of hydrogen-bond acceptors (Lipinski definition) is 7. The van der Waals surface area contributed by atoms with Crippen LogP contribution in [0.5, 0.6) is 0 Å². The van der Waals surface area contributed by atoms with Crippen molar-refractivity contribution >= 4 is 29.7 Å². The third-order valence-electron chi connectivity index (χ3n) is 3.61. The molecule has 1 aromatic heterocycles. The molecule has 1 aromatic rings. The summed E-state index contributed by atoms with van der Waals surface area (Å²) in [6.45, 7) is 0. The number of hydrogen-bond donors (Lipinski definition) is 7. The fraction of sp³-hybridized carbons (Fsp3) is 0.467. The number of H-pyrrole nitrogens is 1. The van der Waals surface area contributed by atoms with Crippen LogP contribution in [0.4, 0.5) is 0 Å². The van der Waals surface area contributed by atoms with Crippen molar-refractivity contribution in [3.63, 3.8) is 0 Å². The highest BCUT2D eigenvalue weighted by atomic mass is 16.4. The third kappa shape index (κ3) is 7.82. The minimum absolute atomic E-state index is 0.146. The first-order valence-electron chi connectivity index (χ1n) is 8.10. The second kappa shape index (κ2) is 10.6. The summed E-state index contributed by atoms with van der Waals surface area (Å²) in [5.74, 6) is -5.93. The van der Waals surface area contributed by atoms with Crippen LogP contribution in [0.2, 0.25) is 0 Å². The zero-order valence-electron chi connectivity index (χ0n) is 14.6. The Bertz CT molecular complexity index is 720. The van der Waals surface area contributed by atoms with Crippen molar-refractivity contribution in [2.24, 2.45) is 5.73 Å². The molecule has 0 aliphatic carbocycles. The first kappa shape index (κ1) is 22.6. The number of nitrogens with one attached hydrogen (secondary N) is 3. The molecule has 1 heterocycles. The van der Waals surface area contributed by atoms with Crippen molar-refractivity contribution in [1.29, 1.82) is 0 Å². The Kier molecular flexibility index (Phi) is 8.55. The number of carbonyl (C=O) groups is 5. The summed E-state index contributed by atoms with van der Waals surface area (Å²) in [7, 11) is 0. The Labute approximate surface area is 158 Å². The van der Waals surface area contributed by atoms with Crippen LogP contribution >= 0.6 is 0 Å². The van der Waals surface area contributed by atoms with Crippen LogP contribution < -0.4 is 16.4 Å². The zero-order chi connectivity index (χ0) is 21.3. The number of rotatable bonds is 12. The monoisotopic (exact) mass is 399 g/mol. The zero-order valence-corrected chi connectivity index (χ0v) is 14.6. The average molecular weight is 399 g/mol. The van der Waals surface area contributed by atoms with Crippen LogP contribution in [0.25, 0.3) is 0 Å². The maximum absolute atomic E-state index is 12.3. The number of imidazole rings is 1. The SMILES string of the molecule is N[C@@H](CCC(=O)O)C(=O)N[C@@H](CC(=O)O)C(=O)N[C@@H](Cc1cnc[nH]1)C(=O)O. The topological polar surface area (TPSA) is 225 Å². The number of aliphatic carboxylic acids is 3. The van der Waals surface area contributed by atoms with Crippen LogP contribution in [0, 0.1) is 0 Å². The summed E-state index contributed by atoms with van der Waals surface area (Å²) >= 11 is 0. The van der Waals surface area contributed by atoms with Gasteiger partial charge in [0.15, 0.2) is 0 Å². The number of nitrogens with zero attached hydrogens (tertiary/aromatic N) is 1. The highest BCUT2D eigenvalue weighted by molar-refractivity contribution is 5.94. The molecule has 0 aliphatic heterocycles. The number of carboxylic acids is 3. The molecular weight excluding hydrogens is 378 g/mol. The summed E-state index contributed by atoms with van der Waals surface area (Å²) in [5, 5.41) is 31.1. The Hall–Kier alpha value is -3.48. The molecule has 3 atom stereocenters. The van der Waals surface area contributed by atoms with E-state index in [1.807, 2.05) is 0 Å². The third-order valence-corrected chi connectivity index (χ3v) is 3.61. The molecule has 1 rings (SSSR count). The number of aromatic amines is 1. The summed E-state index contributed by atoms with van der Waals surface area (Å²) < 4.78 is 0. The standard InChI is InChI=1S/C15H21N5O8/c16-8(1-2-11(21)22)13(25)19-9(4-12(23)24)14(26)20-10(15(27)28)3-7-5-17-6-18-7/h5-6,8-10H,1-4,16H2,(H,17,18)(H,19,25)(H,20,26)(H,21,22)(H,23,24)(H,27,28)/t8-,9-,10-/m0/s1. The van der Waals surface area contributed by atoms with Gasteiger partial charge in [0, 0.05) is 24.7 Å². The van der Waals surface area contributed by atoms with Crippen LogP contribution in [-0.4, -0.2) is 73.1 Å². The molecular formula is C15H21N5O8. The molecule has 0 aliphatic rings. The molecule has 0 aromatic carbocycles. The van der Waals surface area contributed by atoms with E-state index in [0.717, 1.165) is 0 Å². The van der Waals surface area contributed by atoms with Crippen LogP contribution in [0.15, 0.2) is 12.5 Å². The predicted molar refractivity (Wildman–Crippen MR) is 90.9 cm³/mol. The lowest BCUT2D eigenvalue weighted by molar-refractivity contribution is -0.143. The molecule has 0 saturated heterocycles. The summed E-state index contributed by atoms with van der Waals surface area (Å²) in [4.78, 5) is 63.6. The van der Waals surface area contributed by atoms with Gasteiger partial charge in [0.1, 0.15) is 12.1 Å². The largest absolute Gasteiger partial charge is 0.481 e. The van der Waals surface area contributed by atoms with Crippen molar-refractivity contribution < 1.29 is 39.3 Å². The normalized spacial score (nSPS) is 13.8. The second-order valence-corrected chi connectivity index (χ2v) is 5.88. The van der Waals surface area contributed by atoms with Crippen molar-refractivity contribution in [3.8, 4) is 0 Å². The highest BCUT2D eigenvalue weighted by Crippen LogP contribution is 2.03. The summed E-state index contributed by atoms with van der Waals surface area (Å²) in [5.41, 5.74) is 5.94. The Morgan fingerprint density at radius 1 is 1.04 bits per heavy atom. The van der Waals surface area contributed by atoms with Crippen molar-refractivity contribution in [2.45, 2.75) is 43.8 Å². The van der Waals surface area contributed by atoms with Gasteiger partial charge < -0.3 is 36.7 Å². The predicted octanol–water partition coefficient (Wildman–Crippen LogP) is -2.33. The smallest absolute Gasteiger partial charge is 0.326 e. The fourth-order valence-electron chi connectivity index (χ4n) is 2.16. The number of carbonyl (C=O) groups excluding carboxylic acids is 2. The first-order valence-corrected chi connectivity index (χ1v) is 8.10. The molecule has 13 heteroatoms. The maximum atomic E-state index is 12.3. The van der Waals surface area contributed by atoms with Gasteiger partial charge in [-0.05, 0) is 6.42 Å². The summed E-state index contributed by atoms with van der Waals surface area (Å²) in [6, 6.07) is -4.27. The molecule has 0 saturated carbocycles. The van der Waals surface area contributed by atoms with E-state index >= 15 is 0 Å². The lowest BCUT2D eigenvalue weighted by Crippen LogP contribution is -2.55. The van der Waals surface area contributed by atoms with Gasteiger partial charge in [0.25, 0.3) is 0 Å². The summed E-state index contributed by atoms with van der Waals surface area (Å²) in [6.07, 6.45) is 1.10. The van der Waals surface area contributed by atoms with E-state index < -0.39 is 60.7 Å². The number of nitrogens with two attached hydrogens (primary N) is 1. The lowest BCUT2D eigenvalue weighted by atomic mass is 10.1. The van der Waals surface area contributed by atoms with Gasteiger partial charge in [-0.15, -0.1) is 0 Å². The van der Waals surface area contributed by atoms with Crippen LogP contribution in [-0.2, 0) is 30.4 Å². The van der Waals surface area contributed by atoms with E-state index in [2.05, 4.69) is 20.6 Å². The van der Waals surface area contributed by atoms with Crippen molar-refractivity contribution in [3.05, 3.63) is 18.2 Å². The van der Waals surface area contributed by atoms with Gasteiger partial charge in [-0.1, -0.05) is 0 Å². The molecule has 13 nitrogen and oxygen atoms in total. The highest BCUT2D eigenvalue weighted by Gasteiger charge is 2.30. The second-order valence-electron chi connectivity index (χ2n) is 5.88. The van der Waals surface area contributed by atoms with E-state index in [1.165, 1.54) is 12.5 Å². The molecule has 0 radical (unpaired) electrons. The van der Waals surface area contributed by atoms with E-state index in [-0.39, 0.29) is 12.8 Å². The number of aromatic nitrogens is 2. The molecule has 28 heavy (non-hydrogen) atoms. The molecule has 0 unspecified atom stereocenters. The molecule has 0 bridgehead atoms. The number of amides is 2. The minimum atomic E-state index is -1.59. The molecule has 0 fully saturated rings. The van der Waals surface area contributed by atoms with Crippen LogP contribution in [0.1, 0.15) is 25.0 Å². The van der Waals surface area contributed by atoms with Crippen LogP contribution in [0.3, 0.4) is 0 Å². The maximum Gasteiger partial charge on any atom is 0.326 e. The molecule has 2 amide bonds. The van der Waals surface area contributed by atoms with E-state index in [0.29, 0.717) is 5.69 Å². The van der Waals surface area contributed by atoms with E-state index in [9.17, 15) is 29.1 Å². The lowest BCUT2D eigenvalue weighted by Gasteiger charge is -2.21. The quantitative estimate of drug-likeness (QED) is 0.198. The van der Waals surface area contributed by atoms with Gasteiger partial charge >= 0.3 is 17.9 Å². The van der Waals surface area contributed by atoms with Gasteiger partial charge in [0.05, 0.1) is 18.8 Å². The Morgan fingerprint density at radius 3 is 2.18 bits per heavy atom. The fourth-order valence-corrected chi connectivity index (χ4v) is 2.16. The van der Waals surface area contributed by atoms with Crippen molar-refractivity contribution in [2.75, 3.05) is 0 Å². The first-order chi connectivity index (χ1) is 13.1. The average Bonchev–Trinajstić information content (AvgIpc) is 3.10. The van der Waals surface area contributed by atoms with Gasteiger partial charge in [-0.2, -0.15) is 0 Å². The van der Waals surface area contributed by atoms with Gasteiger partial charge in [-0.25, -0.2) is 9.78 Å². The minimum Gasteiger partial charge on any atom is -0.481 e. The molecule has 154 valence electrons. The van der Waals surface area contributed by atoms with Crippen molar-refractivity contribution in [1.82, 2.24) is 20.6 Å². The van der Waals surface area contributed by atoms with Gasteiger partial charge in [-0.3, -0.25) is 19.2 Å². The Morgan fingerprint density at radius 2 is 1.68 bits per heavy atom. The number of carboxylic acid groups (broad SMARTS) is 3. The molecule has 8 N–H and O–H groups in total. The Balaban J connectivity index is 2.79. The molecule has 0 spiro atoms. The van der Waals surface area contributed by atoms with Gasteiger partial charge in [0.2, 0.25) is 11.8 Å². The van der Waals surface area contributed by atoms with E-state index in [4.69, 9.17) is 15.9 Å². The van der Waals surface area contributed by atoms with E-state index in [1.54, 1.807) is 0 Å².